The molecule has 0 aliphatic carbocycles. The summed E-state index contributed by atoms with van der Waals surface area (Å²) in [6.07, 6.45) is 0.978. The van der Waals surface area contributed by atoms with E-state index in [1.54, 1.807) is 11.3 Å². The molecule has 19 heavy (non-hydrogen) atoms. The van der Waals surface area contributed by atoms with Crippen LogP contribution in [-0.2, 0) is 6.42 Å². The van der Waals surface area contributed by atoms with Crippen LogP contribution in [0.1, 0.15) is 18.1 Å². The number of aromatic nitrogens is 2. The summed E-state index contributed by atoms with van der Waals surface area (Å²) in [6.45, 7) is 4.16. The minimum atomic E-state index is 0.536. The number of aryl methyl sites for hydroxylation is 2. The van der Waals surface area contributed by atoms with E-state index in [1.165, 1.54) is 5.56 Å². The van der Waals surface area contributed by atoms with E-state index in [-0.39, 0.29) is 0 Å². The lowest BCUT2D eigenvalue weighted by molar-refractivity contribution is 1.14. The molecular formula is C15H13ClN2S. The molecular weight excluding hydrogens is 276 g/mol. The van der Waals surface area contributed by atoms with Gasteiger partial charge in [-0.25, -0.2) is 9.97 Å². The number of thiophene rings is 1. The number of hydrogen-bond donors (Lipinski definition) is 0. The fourth-order valence-electron chi connectivity index (χ4n) is 2.21. The van der Waals surface area contributed by atoms with Crippen molar-refractivity contribution in [1.29, 1.82) is 0 Å². The van der Waals surface area contributed by atoms with Crippen molar-refractivity contribution in [2.75, 3.05) is 0 Å². The van der Waals surface area contributed by atoms with Crippen molar-refractivity contribution >= 4 is 33.8 Å². The van der Waals surface area contributed by atoms with Gasteiger partial charge in [-0.05, 0) is 42.0 Å². The third-order valence-corrected chi connectivity index (χ3v) is 4.44. The van der Waals surface area contributed by atoms with Gasteiger partial charge in [0, 0.05) is 5.39 Å². The lowest BCUT2D eigenvalue weighted by Crippen LogP contribution is -1.93. The second kappa shape index (κ2) is 4.91. The Morgan fingerprint density at radius 1 is 1.21 bits per heavy atom. The second-order valence-corrected chi connectivity index (χ2v) is 5.71. The molecule has 3 rings (SSSR count). The van der Waals surface area contributed by atoms with Crippen LogP contribution in [0, 0.1) is 6.92 Å². The lowest BCUT2D eigenvalue weighted by Gasteiger charge is -2.06. The minimum Gasteiger partial charge on any atom is -0.227 e. The largest absolute Gasteiger partial charge is 0.227 e. The van der Waals surface area contributed by atoms with Crippen molar-refractivity contribution in [2.45, 2.75) is 20.3 Å². The first kappa shape index (κ1) is 12.6. The monoisotopic (exact) mass is 288 g/mol. The number of rotatable bonds is 2. The van der Waals surface area contributed by atoms with Crippen LogP contribution < -0.4 is 0 Å². The van der Waals surface area contributed by atoms with Gasteiger partial charge in [0.25, 0.3) is 0 Å². The van der Waals surface area contributed by atoms with Crippen LogP contribution in [0.3, 0.4) is 0 Å². The predicted molar refractivity (Wildman–Crippen MR) is 82.0 cm³/mol. The van der Waals surface area contributed by atoms with Gasteiger partial charge in [-0.3, -0.25) is 0 Å². The van der Waals surface area contributed by atoms with Gasteiger partial charge in [-0.2, -0.15) is 0 Å². The summed E-state index contributed by atoms with van der Waals surface area (Å²) < 4.78 is 0. The van der Waals surface area contributed by atoms with E-state index >= 15 is 0 Å². The maximum absolute atomic E-state index is 6.33. The molecule has 96 valence electrons. The van der Waals surface area contributed by atoms with E-state index in [1.807, 2.05) is 25.1 Å². The molecule has 1 aromatic carbocycles. The van der Waals surface area contributed by atoms with Crippen LogP contribution >= 0.6 is 22.9 Å². The van der Waals surface area contributed by atoms with Gasteiger partial charge in [-0.1, -0.05) is 30.7 Å². The highest BCUT2D eigenvalue weighted by Crippen LogP contribution is 2.31. The molecule has 2 heterocycles. The van der Waals surface area contributed by atoms with E-state index in [0.717, 1.165) is 33.6 Å². The fraction of sp³-hybridized carbons (Fsp3) is 0.200. The molecule has 0 aliphatic rings. The molecule has 0 fully saturated rings. The molecule has 0 radical (unpaired) electrons. The van der Waals surface area contributed by atoms with Crippen molar-refractivity contribution in [3.63, 3.8) is 0 Å². The van der Waals surface area contributed by atoms with Gasteiger partial charge in [0.1, 0.15) is 5.15 Å². The van der Waals surface area contributed by atoms with E-state index in [2.05, 4.69) is 28.3 Å². The molecule has 4 heteroatoms. The smallest absolute Gasteiger partial charge is 0.171 e. The van der Waals surface area contributed by atoms with Gasteiger partial charge in [0.05, 0.1) is 10.4 Å². The molecule has 2 nitrogen and oxygen atoms in total. The molecule has 0 atom stereocenters. The third-order valence-electron chi connectivity index (χ3n) is 3.22. The average Bonchev–Trinajstić information content (AvgIpc) is 2.86. The molecule has 0 saturated carbocycles. The maximum atomic E-state index is 6.33. The van der Waals surface area contributed by atoms with Crippen LogP contribution in [0.5, 0.6) is 0 Å². The Bertz CT molecular complexity index is 749. The van der Waals surface area contributed by atoms with E-state index < -0.39 is 0 Å². The van der Waals surface area contributed by atoms with Crippen LogP contribution in [0.2, 0.25) is 5.15 Å². The number of hydrogen-bond acceptors (Lipinski definition) is 3. The first-order valence-electron chi connectivity index (χ1n) is 6.20. The van der Waals surface area contributed by atoms with Crippen molar-refractivity contribution in [2.24, 2.45) is 0 Å². The standard InChI is InChI=1S/C15H13ClN2S/c1-3-10-7-8-19-13(10)15-17-11-6-4-5-9(2)12(11)14(16)18-15/h4-8H,3H2,1-2H3. The summed E-state index contributed by atoms with van der Waals surface area (Å²) >= 11 is 8.00. The van der Waals surface area contributed by atoms with Crippen molar-refractivity contribution in [1.82, 2.24) is 9.97 Å². The molecule has 3 aromatic rings. The Hall–Kier alpha value is -1.45. The summed E-state index contributed by atoms with van der Waals surface area (Å²) in [7, 11) is 0. The van der Waals surface area contributed by atoms with E-state index in [0.29, 0.717) is 5.15 Å². The van der Waals surface area contributed by atoms with Gasteiger partial charge in [0.15, 0.2) is 5.82 Å². The molecule has 0 bridgehead atoms. The average molecular weight is 289 g/mol. The first-order valence-corrected chi connectivity index (χ1v) is 7.46. The first-order chi connectivity index (χ1) is 9.20. The predicted octanol–water partition coefficient (Wildman–Crippen LogP) is 4.88. The van der Waals surface area contributed by atoms with Gasteiger partial charge < -0.3 is 0 Å². The summed E-state index contributed by atoms with van der Waals surface area (Å²) in [5.41, 5.74) is 3.29. The molecule has 0 spiro atoms. The Kier molecular flexibility index (Phi) is 3.25. The van der Waals surface area contributed by atoms with Gasteiger partial charge in [0.2, 0.25) is 0 Å². The van der Waals surface area contributed by atoms with Crippen molar-refractivity contribution in [3.05, 3.63) is 45.9 Å². The SMILES string of the molecule is CCc1ccsc1-c1nc(Cl)c2c(C)cccc2n1. The van der Waals surface area contributed by atoms with E-state index in [9.17, 15) is 0 Å². The minimum absolute atomic E-state index is 0.536. The summed E-state index contributed by atoms with van der Waals surface area (Å²) in [4.78, 5) is 10.3. The fourth-order valence-corrected chi connectivity index (χ4v) is 3.47. The summed E-state index contributed by atoms with van der Waals surface area (Å²) in [5.74, 6) is 0.731. The normalized spacial score (nSPS) is 11.1. The van der Waals surface area contributed by atoms with Crippen molar-refractivity contribution in [3.8, 4) is 10.7 Å². The number of halogens is 1. The highest BCUT2D eigenvalue weighted by molar-refractivity contribution is 7.13. The van der Waals surface area contributed by atoms with Crippen LogP contribution in [0.15, 0.2) is 29.6 Å². The van der Waals surface area contributed by atoms with Gasteiger partial charge >= 0.3 is 0 Å². The molecule has 0 saturated heterocycles. The Labute approximate surface area is 121 Å². The summed E-state index contributed by atoms with van der Waals surface area (Å²) in [5, 5.41) is 3.56. The van der Waals surface area contributed by atoms with Crippen LogP contribution in [0.4, 0.5) is 0 Å². The van der Waals surface area contributed by atoms with Crippen LogP contribution in [-0.4, -0.2) is 9.97 Å². The summed E-state index contributed by atoms with van der Waals surface area (Å²) in [6, 6.07) is 8.14. The molecule has 2 aromatic heterocycles. The molecule has 0 unspecified atom stereocenters. The van der Waals surface area contributed by atoms with Crippen LogP contribution in [0.25, 0.3) is 21.6 Å². The highest BCUT2D eigenvalue weighted by atomic mass is 35.5. The van der Waals surface area contributed by atoms with E-state index in [4.69, 9.17) is 11.6 Å². The highest BCUT2D eigenvalue weighted by Gasteiger charge is 2.13. The molecule has 0 aliphatic heterocycles. The number of nitrogens with zero attached hydrogens (tertiary/aromatic N) is 2. The topological polar surface area (TPSA) is 25.8 Å². The quantitative estimate of drug-likeness (QED) is 0.628. The zero-order valence-electron chi connectivity index (χ0n) is 10.8. The molecule has 0 amide bonds. The number of fused-ring (bicyclic) bond motifs is 1. The Morgan fingerprint density at radius 3 is 2.84 bits per heavy atom. The Balaban J connectivity index is 2.27. The zero-order chi connectivity index (χ0) is 13.4. The Morgan fingerprint density at radius 2 is 2.05 bits per heavy atom. The third kappa shape index (κ3) is 2.13. The lowest BCUT2D eigenvalue weighted by atomic mass is 10.1. The second-order valence-electron chi connectivity index (χ2n) is 4.44. The number of benzene rings is 1. The van der Waals surface area contributed by atoms with Crippen molar-refractivity contribution < 1.29 is 0 Å². The zero-order valence-corrected chi connectivity index (χ0v) is 12.3. The van der Waals surface area contributed by atoms with Gasteiger partial charge in [-0.15, -0.1) is 11.3 Å². The maximum Gasteiger partial charge on any atom is 0.171 e. The molecule has 0 N–H and O–H groups in total.